The van der Waals surface area contributed by atoms with Crippen molar-refractivity contribution in [1.29, 1.82) is 0 Å². The van der Waals surface area contributed by atoms with E-state index in [0.29, 0.717) is 13.2 Å². The number of ether oxygens (including phenoxy) is 2. The molecule has 0 aromatic carbocycles. The summed E-state index contributed by atoms with van der Waals surface area (Å²) in [5.41, 5.74) is 0. The fourth-order valence-electron chi connectivity index (χ4n) is 2.12. The Hall–Kier alpha value is -0.770. The van der Waals surface area contributed by atoms with Crippen LogP contribution in [0.4, 0.5) is 4.79 Å². The molecule has 16 heavy (non-hydrogen) atoms. The number of hydrogen-bond acceptors (Lipinski definition) is 3. The lowest BCUT2D eigenvalue weighted by atomic mass is 9.90. The first-order valence-corrected chi connectivity index (χ1v) is 6.36. The van der Waals surface area contributed by atoms with Crippen LogP contribution in [0.25, 0.3) is 0 Å². The lowest BCUT2D eigenvalue weighted by Gasteiger charge is -2.21. The number of rotatable bonds is 5. The van der Waals surface area contributed by atoms with Crippen molar-refractivity contribution >= 4 is 6.09 Å². The molecule has 0 aromatic rings. The summed E-state index contributed by atoms with van der Waals surface area (Å²) in [6.07, 6.45) is 6.47. The average molecular weight is 227 g/mol. The Bertz CT molecular complexity index is 222. The van der Waals surface area contributed by atoms with Gasteiger partial charge in [0.15, 0.2) is 0 Å². The van der Waals surface area contributed by atoms with Crippen LogP contribution in [0.3, 0.4) is 0 Å². The standard InChI is InChI=1S/C12H21NO3/c14-12(13-6-7-13)16-9-8-15-10-11-4-2-1-3-5-11/h11H,1-10H2. The molecule has 4 heteroatoms. The zero-order valence-electron chi connectivity index (χ0n) is 9.82. The van der Waals surface area contributed by atoms with E-state index in [0.717, 1.165) is 25.6 Å². The topological polar surface area (TPSA) is 38.5 Å². The molecule has 2 aliphatic rings. The molecule has 1 saturated carbocycles. The largest absolute Gasteiger partial charge is 0.447 e. The van der Waals surface area contributed by atoms with Gasteiger partial charge in [-0.15, -0.1) is 0 Å². The summed E-state index contributed by atoms with van der Waals surface area (Å²) in [6.45, 7) is 3.46. The van der Waals surface area contributed by atoms with Crippen LogP contribution in [0.2, 0.25) is 0 Å². The predicted molar refractivity (Wildman–Crippen MR) is 60.3 cm³/mol. The minimum atomic E-state index is -0.193. The van der Waals surface area contributed by atoms with Crippen molar-refractivity contribution in [1.82, 2.24) is 4.90 Å². The van der Waals surface area contributed by atoms with E-state index >= 15 is 0 Å². The van der Waals surface area contributed by atoms with Gasteiger partial charge in [0.05, 0.1) is 6.61 Å². The molecule has 92 valence electrons. The monoisotopic (exact) mass is 227 g/mol. The van der Waals surface area contributed by atoms with E-state index in [2.05, 4.69) is 0 Å². The molecule has 0 spiro atoms. The summed E-state index contributed by atoms with van der Waals surface area (Å²) >= 11 is 0. The zero-order chi connectivity index (χ0) is 11.2. The zero-order valence-corrected chi connectivity index (χ0v) is 9.82. The number of carbonyl (C=O) groups excluding carboxylic acids is 1. The summed E-state index contributed by atoms with van der Waals surface area (Å²) in [5.74, 6) is 0.733. The number of nitrogens with zero attached hydrogens (tertiary/aromatic N) is 1. The van der Waals surface area contributed by atoms with Crippen LogP contribution in [-0.4, -0.2) is 43.9 Å². The third-order valence-electron chi connectivity index (χ3n) is 3.24. The first-order chi connectivity index (χ1) is 7.86. The number of carbonyl (C=O) groups is 1. The molecule has 2 fully saturated rings. The van der Waals surface area contributed by atoms with E-state index in [1.54, 1.807) is 4.90 Å². The van der Waals surface area contributed by atoms with Gasteiger partial charge >= 0.3 is 6.09 Å². The molecule has 0 unspecified atom stereocenters. The van der Waals surface area contributed by atoms with Gasteiger partial charge in [0.1, 0.15) is 6.61 Å². The van der Waals surface area contributed by atoms with Gasteiger partial charge in [-0.3, -0.25) is 0 Å². The highest BCUT2D eigenvalue weighted by atomic mass is 16.6. The SMILES string of the molecule is O=C(OCCOCC1CCCCC1)N1CC1. The lowest BCUT2D eigenvalue weighted by Crippen LogP contribution is -2.18. The Balaban J connectivity index is 1.43. The van der Waals surface area contributed by atoms with Crippen LogP contribution in [0.5, 0.6) is 0 Å². The summed E-state index contributed by atoms with van der Waals surface area (Å²) in [7, 11) is 0. The first kappa shape index (κ1) is 11.7. The van der Waals surface area contributed by atoms with E-state index in [4.69, 9.17) is 9.47 Å². The van der Waals surface area contributed by atoms with Crippen LogP contribution >= 0.6 is 0 Å². The Kier molecular flexibility index (Phi) is 4.45. The molecule has 0 atom stereocenters. The van der Waals surface area contributed by atoms with Crippen LogP contribution in [0, 0.1) is 5.92 Å². The average Bonchev–Trinajstić information content (AvgIpc) is 3.13. The summed E-state index contributed by atoms with van der Waals surface area (Å²) < 4.78 is 10.5. The van der Waals surface area contributed by atoms with E-state index < -0.39 is 0 Å². The molecule has 1 heterocycles. The highest BCUT2D eigenvalue weighted by Gasteiger charge is 2.25. The highest BCUT2D eigenvalue weighted by molar-refractivity contribution is 5.69. The van der Waals surface area contributed by atoms with Crippen LogP contribution in [0.15, 0.2) is 0 Å². The maximum atomic E-state index is 11.1. The summed E-state index contributed by atoms with van der Waals surface area (Å²) in [6, 6.07) is 0. The Labute approximate surface area is 96.9 Å². The summed E-state index contributed by atoms with van der Waals surface area (Å²) in [4.78, 5) is 12.8. The molecule has 4 nitrogen and oxygen atoms in total. The van der Waals surface area contributed by atoms with Gasteiger partial charge in [0.2, 0.25) is 0 Å². The molecule has 1 amide bonds. The third kappa shape index (κ3) is 4.00. The van der Waals surface area contributed by atoms with E-state index in [9.17, 15) is 4.79 Å². The van der Waals surface area contributed by atoms with Gasteiger partial charge < -0.3 is 14.4 Å². The van der Waals surface area contributed by atoms with Gasteiger partial charge in [-0.05, 0) is 18.8 Å². The third-order valence-corrected chi connectivity index (χ3v) is 3.24. The van der Waals surface area contributed by atoms with Crippen molar-refractivity contribution in [2.75, 3.05) is 32.9 Å². The first-order valence-electron chi connectivity index (χ1n) is 6.36. The van der Waals surface area contributed by atoms with Crippen molar-refractivity contribution in [3.63, 3.8) is 0 Å². The molecular formula is C12H21NO3. The Morgan fingerprint density at radius 2 is 1.88 bits per heavy atom. The minimum absolute atomic E-state index is 0.193. The molecule has 0 bridgehead atoms. The quantitative estimate of drug-likeness (QED) is 0.533. The van der Waals surface area contributed by atoms with Gasteiger partial charge in [0.25, 0.3) is 0 Å². The molecule has 0 N–H and O–H groups in total. The molecule has 1 aliphatic heterocycles. The maximum absolute atomic E-state index is 11.1. The highest BCUT2D eigenvalue weighted by Crippen LogP contribution is 2.23. The van der Waals surface area contributed by atoms with Crippen LogP contribution in [0.1, 0.15) is 32.1 Å². The Morgan fingerprint density at radius 3 is 2.56 bits per heavy atom. The van der Waals surface area contributed by atoms with E-state index in [-0.39, 0.29) is 6.09 Å². The van der Waals surface area contributed by atoms with Crippen molar-refractivity contribution < 1.29 is 14.3 Å². The lowest BCUT2D eigenvalue weighted by molar-refractivity contribution is 0.0441. The molecule has 2 rings (SSSR count). The number of hydrogen-bond donors (Lipinski definition) is 0. The van der Waals surface area contributed by atoms with Crippen molar-refractivity contribution in [3.05, 3.63) is 0 Å². The molecule has 1 saturated heterocycles. The second-order valence-corrected chi connectivity index (χ2v) is 4.68. The Morgan fingerprint density at radius 1 is 1.12 bits per heavy atom. The second-order valence-electron chi connectivity index (χ2n) is 4.68. The van der Waals surface area contributed by atoms with Gasteiger partial charge in [-0.1, -0.05) is 19.3 Å². The summed E-state index contributed by atoms with van der Waals surface area (Å²) in [5, 5.41) is 0. The van der Waals surface area contributed by atoms with Gasteiger partial charge in [0, 0.05) is 19.7 Å². The molecule has 0 aromatic heterocycles. The fourth-order valence-corrected chi connectivity index (χ4v) is 2.12. The number of amides is 1. The minimum Gasteiger partial charge on any atom is -0.447 e. The van der Waals surface area contributed by atoms with Crippen molar-refractivity contribution in [2.45, 2.75) is 32.1 Å². The van der Waals surface area contributed by atoms with E-state index in [1.165, 1.54) is 32.1 Å². The molecular weight excluding hydrogens is 206 g/mol. The smallest absolute Gasteiger partial charge is 0.409 e. The van der Waals surface area contributed by atoms with Crippen LogP contribution < -0.4 is 0 Å². The van der Waals surface area contributed by atoms with Crippen molar-refractivity contribution in [3.8, 4) is 0 Å². The normalized spacial score (nSPS) is 20.9. The maximum Gasteiger partial charge on any atom is 0.409 e. The molecule has 0 radical (unpaired) electrons. The fraction of sp³-hybridized carbons (Fsp3) is 0.917. The van der Waals surface area contributed by atoms with E-state index in [1.807, 2.05) is 0 Å². The van der Waals surface area contributed by atoms with Crippen LogP contribution in [-0.2, 0) is 9.47 Å². The predicted octanol–water partition coefficient (Wildman–Crippen LogP) is 2.04. The van der Waals surface area contributed by atoms with Gasteiger partial charge in [-0.25, -0.2) is 4.79 Å². The van der Waals surface area contributed by atoms with Gasteiger partial charge in [-0.2, -0.15) is 0 Å². The van der Waals surface area contributed by atoms with Crippen molar-refractivity contribution in [2.24, 2.45) is 5.92 Å². The molecule has 1 aliphatic carbocycles. The second kappa shape index (κ2) is 6.09.